The minimum atomic E-state index is -3.86. The molecular weight excluding hydrogens is 271 g/mol. The van der Waals surface area contributed by atoms with E-state index in [0.29, 0.717) is 21.6 Å². The van der Waals surface area contributed by atoms with Crippen molar-refractivity contribution in [1.29, 1.82) is 0 Å². The van der Waals surface area contributed by atoms with Crippen LogP contribution >= 0.6 is 22.3 Å². The Morgan fingerprint density at radius 2 is 1.88 bits per heavy atom. The Labute approximate surface area is 102 Å². The Bertz CT molecular complexity index is 671. The van der Waals surface area contributed by atoms with Crippen molar-refractivity contribution in [2.45, 2.75) is 18.9 Å². The van der Waals surface area contributed by atoms with Gasteiger partial charge >= 0.3 is 0 Å². The number of aryl methyl sites for hydroxylation is 2. The van der Waals surface area contributed by atoms with E-state index in [0.717, 1.165) is 5.56 Å². The molecule has 0 N–H and O–H groups in total. The summed E-state index contributed by atoms with van der Waals surface area (Å²) in [6.45, 7) is 3.43. The predicted molar refractivity (Wildman–Crippen MR) is 63.7 cm³/mol. The monoisotopic (exact) mass is 278 g/mol. The maximum Gasteiger partial charge on any atom is 0.294 e. The molecule has 1 aromatic heterocycles. The Morgan fingerprint density at radius 1 is 1.25 bits per heavy atom. The molecule has 1 heterocycles. The molecule has 0 aliphatic carbocycles. The minimum absolute atomic E-state index is 0.213. The number of benzene rings is 1. The molecule has 2 rings (SSSR count). The maximum absolute atomic E-state index is 11.3. The average molecular weight is 279 g/mol. The largest absolute Gasteiger partial charge is 0.443 e. The molecule has 0 bridgehead atoms. The van der Waals surface area contributed by atoms with Crippen molar-refractivity contribution < 1.29 is 12.8 Å². The first-order chi connectivity index (χ1) is 7.30. The van der Waals surface area contributed by atoms with E-state index in [4.69, 9.17) is 26.7 Å². The first-order valence-corrected chi connectivity index (χ1v) is 7.13. The van der Waals surface area contributed by atoms with Gasteiger partial charge in [-0.15, -0.1) is 0 Å². The molecule has 1 aromatic carbocycles. The van der Waals surface area contributed by atoms with Crippen LogP contribution < -0.4 is 0 Å². The number of furan rings is 1. The van der Waals surface area contributed by atoms with Crippen LogP contribution in [-0.4, -0.2) is 8.42 Å². The quantitative estimate of drug-likeness (QED) is 0.749. The van der Waals surface area contributed by atoms with Gasteiger partial charge in [-0.05, 0) is 31.5 Å². The second kappa shape index (κ2) is 3.65. The van der Waals surface area contributed by atoms with E-state index in [-0.39, 0.29) is 5.09 Å². The molecule has 0 saturated carbocycles. The molecule has 0 unspecified atom stereocenters. The minimum Gasteiger partial charge on any atom is -0.443 e. The van der Waals surface area contributed by atoms with Gasteiger partial charge in [0.15, 0.2) is 0 Å². The van der Waals surface area contributed by atoms with E-state index in [2.05, 4.69) is 0 Å². The molecule has 0 atom stereocenters. The average Bonchev–Trinajstić information content (AvgIpc) is 2.43. The summed E-state index contributed by atoms with van der Waals surface area (Å²) >= 11 is 5.90. The summed E-state index contributed by atoms with van der Waals surface area (Å²) in [7, 11) is 1.41. The Balaban J connectivity index is 2.94. The Morgan fingerprint density at radius 3 is 2.44 bits per heavy atom. The van der Waals surface area contributed by atoms with Crippen LogP contribution in [0.1, 0.15) is 11.1 Å². The van der Waals surface area contributed by atoms with Gasteiger partial charge in [-0.2, -0.15) is 0 Å². The molecule has 0 amide bonds. The summed E-state index contributed by atoms with van der Waals surface area (Å²) in [5, 5.41) is 0.992. The van der Waals surface area contributed by atoms with Crippen molar-refractivity contribution in [3.05, 3.63) is 28.3 Å². The molecule has 86 valence electrons. The zero-order chi connectivity index (χ0) is 12.1. The summed E-state index contributed by atoms with van der Waals surface area (Å²) < 4.78 is 27.8. The molecule has 0 spiro atoms. The number of hydrogen-bond donors (Lipinski definition) is 0. The van der Waals surface area contributed by atoms with E-state index in [1.165, 1.54) is 0 Å². The highest BCUT2D eigenvalue weighted by Gasteiger charge is 2.22. The fourth-order valence-electron chi connectivity index (χ4n) is 1.66. The third kappa shape index (κ3) is 1.81. The molecule has 0 aliphatic rings. The summed E-state index contributed by atoms with van der Waals surface area (Å²) in [6.07, 6.45) is 0. The second-order valence-electron chi connectivity index (χ2n) is 3.55. The first-order valence-electron chi connectivity index (χ1n) is 4.44. The summed E-state index contributed by atoms with van der Waals surface area (Å²) in [5.41, 5.74) is 1.76. The van der Waals surface area contributed by atoms with Gasteiger partial charge in [-0.1, -0.05) is 11.6 Å². The van der Waals surface area contributed by atoms with Gasteiger partial charge in [-0.25, -0.2) is 8.42 Å². The van der Waals surface area contributed by atoms with E-state index < -0.39 is 9.05 Å². The first kappa shape index (κ1) is 11.8. The van der Waals surface area contributed by atoms with E-state index in [1.807, 2.05) is 0 Å². The van der Waals surface area contributed by atoms with Crippen molar-refractivity contribution in [3.8, 4) is 0 Å². The van der Waals surface area contributed by atoms with E-state index in [9.17, 15) is 8.42 Å². The van der Waals surface area contributed by atoms with E-state index in [1.54, 1.807) is 26.0 Å². The second-order valence-corrected chi connectivity index (χ2v) is 6.45. The Kier molecular flexibility index (Phi) is 2.69. The van der Waals surface area contributed by atoms with Crippen molar-refractivity contribution in [2.75, 3.05) is 0 Å². The Hall–Kier alpha value is -0.710. The van der Waals surface area contributed by atoms with Crippen molar-refractivity contribution in [1.82, 2.24) is 0 Å². The lowest BCUT2D eigenvalue weighted by Crippen LogP contribution is -1.89. The standard InChI is InChI=1S/C10H8Cl2O3S/c1-5-3-7(11)4-8-6(2)10(15-9(5)8)16(12,13)14/h3-4H,1-2H3. The smallest absolute Gasteiger partial charge is 0.294 e. The van der Waals surface area contributed by atoms with Gasteiger partial charge in [0.1, 0.15) is 5.58 Å². The third-order valence-electron chi connectivity index (χ3n) is 2.37. The highest BCUT2D eigenvalue weighted by molar-refractivity contribution is 8.13. The van der Waals surface area contributed by atoms with E-state index >= 15 is 0 Å². The van der Waals surface area contributed by atoms with Crippen LogP contribution in [0.15, 0.2) is 21.6 Å². The molecule has 0 fully saturated rings. The summed E-state index contributed by atoms with van der Waals surface area (Å²) in [4.78, 5) is 0. The fourth-order valence-corrected chi connectivity index (χ4v) is 3.03. The van der Waals surface area contributed by atoms with Crippen LogP contribution in [0.5, 0.6) is 0 Å². The lowest BCUT2D eigenvalue weighted by Gasteiger charge is -1.95. The van der Waals surface area contributed by atoms with Gasteiger partial charge in [0.05, 0.1) is 0 Å². The van der Waals surface area contributed by atoms with Crippen LogP contribution in [-0.2, 0) is 9.05 Å². The van der Waals surface area contributed by atoms with Crippen LogP contribution in [0.3, 0.4) is 0 Å². The highest BCUT2D eigenvalue weighted by Crippen LogP contribution is 2.34. The summed E-state index contributed by atoms with van der Waals surface area (Å²) in [5.74, 6) is 0. The highest BCUT2D eigenvalue weighted by atomic mass is 35.7. The van der Waals surface area contributed by atoms with Crippen molar-refractivity contribution in [3.63, 3.8) is 0 Å². The number of rotatable bonds is 1. The zero-order valence-corrected chi connectivity index (χ0v) is 10.9. The number of fused-ring (bicyclic) bond motifs is 1. The molecule has 16 heavy (non-hydrogen) atoms. The maximum atomic E-state index is 11.3. The predicted octanol–water partition coefficient (Wildman–Crippen LogP) is 3.63. The normalized spacial score (nSPS) is 12.2. The molecule has 2 aromatic rings. The summed E-state index contributed by atoms with van der Waals surface area (Å²) in [6, 6.07) is 3.37. The lowest BCUT2D eigenvalue weighted by atomic mass is 10.1. The van der Waals surface area contributed by atoms with Gasteiger partial charge < -0.3 is 4.42 Å². The van der Waals surface area contributed by atoms with Gasteiger partial charge in [-0.3, -0.25) is 0 Å². The molecule has 0 saturated heterocycles. The van der Waals surface area contributed by atoms with Crippen LogP contribution in [0.2, 0.25) is 5.02 Å². The SMILES string of the molecule is Cc1c(S(=O)(=O)Cl)oc2c(C)cc(Cl)cc12. The van der Waals surface area contributed by atoms with Crippen molar-refractivity contribution >= 4 is 42.3 Å². The third-order valence-corrected chi connectivity index (χ3v) is 3.84. The number of hydrogen-bond acceptors (Lipinski definition) is 3. The van der Waals surface area contributed by atoms with Gasteiger partial charge in [0.2, 0.25) is 5.09 Å². The molecule has 0 aliphatic heterocycles. The number of halogens is 2. The van der Waals surface area contributed by atoms with Crippen molar-refractivity contribution in [2.24, 2.45) is 0 Å². The molecule has 6 heteroatoms. The zero-order valence-electron chi connectivity index (χ0n) is 8.54. The van der Waals surface area contributed by atoms with Gasteiger partial charge in [0, 0.05) is 26.7 Å². The molecular formula is C10H8Cl2O3S. The molecule has 0 radical (unpaired) electrons. The lowest BCUT2D eigenvalue weighted by molar-refractivity contribution is 0.482. The molecule has 3 nitrogen and oxygen atoms in total. The van der Waals surface area contributed by atoms with Crippen LogP contribution in [0.25, 0.3) is 11.0 Å². The fraction of sp³-hybridized carbons (Fsp3) is 0.200. The van der Waals surface area contributed by atoms with Crippen LogP contribution in [0, 0.1) is 13.8 Å². The topological polar surface area (TPSA) is 47.3 Å². The van der Waals surface area contributed by atoms with Crippen LogP contribution in [0.4, 0.5) is 0 Å². The van der Waals surface area contributed by atoms with Gasteiger partial charge in [0.25, 0.3) is 9.05 Å².